The number of benzene rings is 6. The van der Waals surface area contributed by atoms with E-state index >= 15 is 0 Å². The number of rotatable bonds is 4. The molecule has 0 saturated heterocycles. The third-order valence-corrected chi connectivity index (χ3v) is 12.4. The van der Waals surface area contributed by atoms with Gasteiger partial charge >= 0.3 is 0 Å². The standard InChI is InChI=1S/C48H43N3/c1-47(2)40-25-15-23-35(43(40)38-30-42-37(29-41(38)47)36-22-10-11-24-39(36)48(42)26-12-5-13-27-48)33-20-14-21-34(28-33)46-50-44(31-16-6-3-7-17-31)49-45(51-46)32-18-8-4-9-19-32/h3-4,6-11,14-25,28-30,44,46,50H,5,12-13,26-27H2,1-2H3,(H,49,51). The molecule has 250 valence electrons. The van der Waals surface area contributed by atoms with Crippen LogP contribution in [0, 0.1) is 0 Å². The van der Waals surface area contributed by atoms with Crippen LogP contribution in [-0.4, -0.2) is 5.84 Å². The summed E-state index contributed by atoms with van der Waals surface area (Å²) < 4.78 is 0. The van der Waals surface area contributed by atoms with Crippen LogP contribution in [0.3, 0.4) is 0 Å². The molecular formula is C48H43N3. The van der Waals surface area contributed by atoms with E-state index in [9.17, 15) is 0 Å². The van der Waals surface area contributed by atoms with Gasteiger partial charge in [-0.1, -0.05) is 154 Å². The normalized spacial score (nSPS) is 20.5. The Morgan fingerprint density at radius 3 is 2.00 bits per heavy atom. The monoisotopic (exact) mass is 661 g/mol. The predicted molar refractivity (Wildman–Crippen MR) is 210 cm³/mol. The van der Waals surface area contributed by atoms with Gasteiger partial charge in [0.25, 0.3) is 0 Å². The summed E-state index contributed by atoms with van der Waals surface area (Å²) >= 11 is 0. The third kappa shape index (κ3) is 4.71. The molecule has 6 aromatic rings. The molecule has 2 atom stereocenters. The summed E-state index contributed by atoms with van der Waals surface area (Å²) in [4.78, 5) is 5.27. The van der Waals surface area contributed by atoms with E-state index in [4.69, 9.17) is 4.99 Å². The van der Waals surface area contributed by atoms with Crippen molar-refractivity contribution in [1.82, 2.24) is 10.6 Å². The summed E-state index contributed by atoms with van der Waals surface area (Å²) in [5, 5.41) is 7.49. The van der Waals surface area contributed by atoms with Crippen molar-refractivity contribution >= 4 is 5.84 Å². The van der Waals surface area contributed by atoms with E-state index in [1.807, 2.05) is 0 Å². The number of nitrogens with zero attached hydrogens (tertiary/aromatic N) is 1. The van der Waals surface area contributed by atoms with E-state index < -0.39 is 0 Å². The molecule has 2 unspecified atom stereocenters. The van der Waals surface area contributed by atoms with Gasteiger partial charge in [-0.2, -0.15) is 0 Å². The highest BCUT2D eigenvalue weighted by Gasteiger charge is 2.46. The Hall–Kier alpha value is -5.25. The maximum Gasteiger partial charge on any atom is 0.131 e. The van der Waals surface area contributed by atoms with Crippen LogP contribution < -0.4 is 10.6 Å². The smallest absolute Gasteiger partial charge is 0.131 e. The molecule has 0 amide bonds. The molecule has 1 heterocycles. The zero-order valence-corrected chi connectivity index (χ0v) is 29.4. The van der Waals surface area contributed by atoms with Crippen LogP contribution in [0.1, 0.15) is 97.2 Å². The highest BCUT2D eigenvalue weighted by atomic mass is 15.3. The SMILES string of the molecule is CC1(C)c2cc3c(cc2-c2c(-c4cccc(C5N=C(c6ccccc6)NC(c6ccccc6)N5)c4)cccc21)C1(CCCCC1)c1ccccc1-3. The summed E-state index contributed by atoms with van der Waals surface area (Å²) in [7, 11) is 0. The molecule has 1 aliphatic heterocycles. The van der Waals surface area contributed by atoms with E-state index in [2.05, 4.69) is 164 Å². The first-order chi connectivity index (χ1) is 25.0. The van der Waals surface area contributed by atoms with Crippen molar-refractivity contribution in [3.63, 3.8) is 0 Å². The van der Waals surface area contributed by atoms with E-state index in [0.717, 1.165) is 17.0 Å². The molecule has 10 rings (SSSR count). The van der Waals surface area contributed by atoms with Crippen molar-refractivity contribution in [2.75, 3.05) is 0 Å². The first-order valence-electron chi connectivity index (χ1n) is 18.8. The zero-order chi connectivity index (χ0) is 34.2. The topological polar surface area (TPSA) is 36.4 Å². The Labute approximate surface area is 301 Å². The van der Waals surface area contributed by atoms with Gasteiger partial charge in [-0.15, -0.1) is 0 Å². The van der Waals surface area contributed by atoms with Gasteiger partial charge in [-0.05, 0) is 97.8 Å². The van der Waals surface area contributed by atoms with Gasteiger partial charge in [-0.3, -0.25) is 5.32 Å². The molecule has 0 aromatic heterocycles. The van der Waals surface area contributed by atoms with Gasteiger partial charge in [0.2, 0.25) is 0 Å². The molecule has 2 N–H and O–H groups in total. The maximum atomic E-state index is 5.27. The number of fused-ring (bicyclic) bond motifs is 8. The van der Waals surface area contributed by atoms with Crippen molar-refractivity contribution in [3.8, 4) is 33.4 Å². The average molecular weight is 662 g/mol. The molecule has 3 nitrogen and oxygen atoms in total. The largest absolute Gasteiger partial charge is 0.350 e. The van der Waals surface area contributed by atoms with Crippen LogP contribution >= 0.6 is 0 Å². The highest BCUT2D eigenvalue weighted by Crippen LogP contribution is 2.60. The Morgan fingerprint density at radius 2 is 1.18 bits per heavy atom. The molecule has 6 aromatic carbocycles. The quantitative estimate of drug-likeness (QED) is 0.197. The van der Waals surface area contributed by atoms with Crippen LogP contribution in [0.2, 0.25) is 0 Å². The van der Waals surface area contributed by atoms with Crippen LogP contribution in [-0.2, 0) is 10.8 Å². The molecule has 0 radical (unpaired) electrons. The second kappa shape index (κ2) is 11.6. The number of aliphatic imine (C=N–C) groups is 1. The first-order valence-corrected chi connectivity index (χ1v) is 18.8. The van der Waals surface area contributed by atoms with Gasteiger partial charge < -0.3 is 5.32 Å². The minimum Gasteiger partial charge on any atom is -0.350 e. The van der Waals surface area contributed by atoms with Crippen molar-refractivity contribution in [3.05, 3.63) is 178 Å². The molecule has 0 bridgehead atoms. The number of nitrogens with one attached hydrogen (secondary N) is 2. The van der Waals surface area contributed by atoms with Crippen molar-refractivity contribution in [2.24, 2.45) is 4.99 Å². The summed E-state index contributed by atoms with van der Waals surface area (Å²) in [6, 6.07) is 51.6. The van der Waals surface area contributed by atoms with Crippen molar-refractivity contribution in [2.45, 2.75) is 69.1 Å². The lowest BCUT2D eigenvalue weighted by Crippen LogP contribution is -2.44. The number of amidine groups is 1. The fourth-order valence-corrected chi connectivity index (χ4v) is 9.83. The summed E-state index contributed by atoms with van der Waals surface area (Å²) in [5.41, 5.74) is 17.7. The van der Waals surface area contributed by atoms with Crippen LogP contribution in [0.25, 0.3) is 33.4 Å². The zero-order valence-electron chi connectivity index (χ0n) is 29.4. The van der Waals surface area contributed by atoms with Gasteiger partial charge in [0.15, 0.2) is 0 Å². The molecule has 51 heavy (non-hydrogen) atoms. The van der Waals surface area contributed by atoms with E-state index in [1.165, 1.54) is 82.2 Å². The average Bonchev–Trinajstić information content (AvgIpc) is 3.59. The van der Waals surface area contributed by atoms with Crippen molar-refractivity contribution < 1.29 is 0 Å². The van der Waals surface area contributed by atoms with Crippen LogP contribution in [0.5, 0.6) is 0 Å². The second-order valence-electron chi connectivity index (χ2n) is 15.5. The molecule has 3 heteroatoms. The van der Waals surface area contributed by atoms with Crippen LogP contribution in [0.4, 0.5) is 0 Å². The fraction of sp³-hybridized carbons (Fsp3) is 0.229. The molecule has 3 aliphatic carbocycles. The minimum atomic E-state index is -0.208. The van der Waals surface area contributed by atoms with Gasteiger partial charge in [0, 0.05) is 16.4 Å². The Balaban J connectivity index is 1.10. The Kier molecular flexibility index (Phi) is 6.98. The Bertz CT molecular complexity index is 2330. The summed E-state index contributed by atoms with van der Waals surface area (Å²) in [6.07, 6.45) is 6.16. The summed E-state index contributed by atoms with van der Waals surface area (Å²) in [5.74, 6) is 0.904. The lowest BCUT2D eigenvalue weighted by atomic mass is 9.67. The molecular weight excluding hydrogens is 619 g/mol. The molecule has 1 saturated carbocycles. The van der Waals surface area contributed by atoms with Crippen molar-refractivity contribution in [1.29, 1.82) is 0 Å². The maximum absolute atomic E-state index is 5.27. The molecule has 1 fully saturated rings. The molecule has 4 aliphatic rings. The van der Waals surface area contributed by atoms with Gasteiger partial charge in [0.05, 0.1) is 0 Å². The van der Waals surface area contributed by atoms with E-state index in [1.54, 1.807) is 11.1 Å². The molecule has 1 spiro atoms. The lowest BCUT2D eigenvalue weighted by Gasteiger charge is -2.36. The number of hydrogen-bond acceptors (Lipinski definition) is 3. The van der Waals surface area contributed by atoms with Gasteiger partial charge in [-0.25, -0.2) is 4.99 Å². The Morgan fingerprint density at radius 1 is 0.529 bits per heavy atom. The lowest BCUT2D eigenvalue weighted by molar-refractivity contribution is 0.353. The summed E-state index contributed by atoms with van der Waals surface area (Å²) in [6.45, 7) is 4.84. The highest BCUT2D eigenvalue weighted by molar-refractivity contribution is 6.00. The first kappa shape index (κ1) is 30.6. The third-order valence-electron chi connectivity index (χ3n) is 12.4. The minimum absolute atomic E-state index is 0.0699. The van der Waals surface area contributed by atoms with Gasteiger partial charge in [0.1, 0.15) is 18.2 Å². The van der Waals surface area contributed by atoms with E-state index in [-0.39, 0.29) is 23.2 Å². The predicted octanol–water partition coefficient (Wildman–Crippen LogP) is 11.2. The van der Waals surface area contributed by atoms with Crippen LogP contribution in [0.15, 0.2) is 145 Å². The van der Waals surface area contributed by atoms with E-state index in [0.29, 0.717) is 0 Å². The fourth-order valence-electron chi connectivity index (χ4n) is 9.83. The second-order valence-corrected chi connectivity index (χ2v) is 15.5. The number of hydrogen-bond donors (Lipinski definition) is 2.